The molecule has 0 aliphatic carbocycles. The molecule has 0 aliphatic heterocycles. The summed E-state index contributed by atoms with van der Waals surface area (Å²) in [4.78, 5) is -0.278. The van der Waals surface area contributed by atoms with Crippen LogP contribution in [0.25, 0.3) is 0 Å². The second-order valence-electron chi connectivity index (χ2n) is 2.53. The van der Waals surface area contributed by atoms with Gasteiger partial charge in [-0.05, 0) is 18.9 Å². The third-order valence-corrected chi connectivity index (χ3v) is 1.49. The van der Waals surface area contributed by atoms with E-state index in [1.807, 2.05) is 27.7 Å². The molecule has 0 bridgehead atoms. The number of hydrogen-bond donors (Lipinski definition) is 0. The van der Waals surface area contributed by atoms with E-state index in [-0.39, 0.29) is 4.92 Å². The van der Waals surface area contributed by atoms with Crippen LogP contribution in [0.2, 0.25) is 0 Å². The number of hydrogen-bond acceptors (Lipinski definition) is 0. The summed E-state index contributed by atoms with van der Waals surface area (Å²) in [5.74, 6) is 0. The predicted octanol–water partition coefficient (Wildman–Crippen LogP) is 7.26. The van der Waals surface area contributed by atoms with Crippen LogP contribution in [-0.4, -0.2) is 0 Å². The molecule has 0 heterocycles. The third-order valence-electron chi connectivity index (χ3n) is 1.49. The Morgan fingerprint density at radius 1 is 1.00 bits per heavy atom. The molecule has 1 aromatic carbocycles. The van der Waals surface area contributed by atoms with E-state index in [1.165, 1.54) is 11.1 Å². The van der Waals surface area contributed by atoms with E-state index in [1.54, 1.807) is 0 Å². The van der Waals surface area contributed by atoms with Crippen molar-refractivity contribution in [2.24, 2.45) is 0 Å². The molecule has 17 heavy (non-hydrogen) atoms. The Bertz CT molecular complexity index is 237. The van der Waals surface area contributed by atoms with Gasteiger partial charge in [0.1, 0.15) is 0 Å². The van der Waals surface area contributed by atoms with Crippen molar-refractivity contribution in [2.45, 2.75) is 48.0 Å². The molecule has 0 saturated carbocycles. The van der Waals surface area contributed by atoms with Crippen molar-refractivity contribution in [3.05, 3.63) is 35.4 Å². The average Bonchev–Trinajstić information content (AvgIpc) is 2.33. The molecule has 0 fully saturated rings. The van der Waals surface area contributed by atoms with Gasteiger partial charge in [0.15, 0.2) is 0 Å². The fourth-order valence-corrected chi connectivity index (χ4v) is 0.932. The first-order valence-corrected chi connectivity index (χ1v) is 19.4. The number of rotatable bonds is 1. The van der Waals surface area contributed by atoms with Gasteiger partial charge in [-0.1, -0.05) is 64.4 Å². The van der Waals surface area contributed by atoms with Crippen molar-refractivity contribution < 1.29 is 4.92 Å². The van der Waals surface area contributed by atoms with Crippen molar-refractivity contribution in [1.82, 2.24) is 0 Å². The van der Waals surface area contributed by atoms with Crippen LogP contribution in [0, 0.1) is 6.92 Å². The van der Waals surface area contributed by atoms with Crippen LogP contribution in [0.5, 0.6) is 0 Å². The number of aryl methyl sites for hydroxylation is 2. The molecule has 1 rings (SSSR count). The summed E-state index contributed by atoms with van der Waals surface area (Å²) in [7, 11) is 0. The van der Waals surface area contributed by atoms with Gasteiger partial charge in [-0.25, -0.2) is 0 Å². The number of halogens is 3. The summed E-state index contributed by atoms with van der Waals surface area (Å²) < 4.78 is 0. The van der Waals surface area contributed by atoms with Gasteiger partial charge in [0.05, 0.1) is 0 Å². The first kappa shape index (κ1) is 24.0. The summed E-state index contributed by atoms with van der Waals surface area (Å²) >= 11 is 7.39. The second kappa shape index (κ2) is 20.3. The van der Waals surface area contributed by atoms with Gasteiger partial charge < -0.3 is 0 Å². The van der Waals surface area contributed by atoms with E-state index in [2.05, 4.69) is 98.0 Å². The Labute approximate surface area is 146 Å². The van der Waals surface area contributed by atoms with Crippen LogP contribution in [0.3, 0.4) is 0 Å². The first-order valence-electron chi connectivity index (χ1n) is 5.89. The zero-order valence-corrected chi connectivity index (χ0v) is 19.5. The Balaban J connectivity index is -0.000000208. The van der Waals surface area contributed by atoms with Gasteiger partial charge in [-0.3, -0.25) is 0 Å². The maximum atomic E-state index is 2.46. The van der Waals surface area contributed by atoms with Crippen molar-refractivity contribution in [1.29, 1.82) is 0 Å². The fraction of sp³-hybridized carbons (Fsp3) is 0.538. The van der Waals surface area contributed by atoms with E-state index in [0.29, 0.717) is 0 Å². The Morgan fingerprint density at radius 2 is 1.41 bits per heavy atom. The van der Waals surface area contributed by atoms with Crippen LogP contribution in [0.1, 0.15) is 45.7 Å². The van der Waals surface area contributed by atoms with Gasteiger partial charge in [0.25, 0.3) is 0 Å². The normalized spacial score (nSPS) is 7.88. The van der Waals surface area contributed by atoms with E-state index in [0.717, 1.165) is 6.42 Å². The van der Waals surface area contributed by atoms with Crippen LogP contribution < -0.4 is 0 Å². The van der Waals surface area contributed by atoms with E-state index < -0.39 is 0 Å². The molecule has 4 heteroatoms. The van der Waals surface area contributed by atoms with Crippen molar-refractivity contribution >= 4 is 59.9 Å². The molecule has 102 valence electrons. The van der Waals surface area contributed by atoms with E-state index >= 15 is 0 Å². The first-order chi connectivity index (χ1) is 8.06. The minimum absolute atomic E-state index is 0.278. The molecule has 0 amide bonds. The quantitative estimate of drug-likeness (QED) is 0.293. The molecule has 0 aliphatic rings. The zero-order valence-electron chi connectivity index (χ0n) is 11.6. The second-order valence-corrected chi connectivity index (χ2v) is 37.9. The van der Waals surface area contributed by atoms with Gasteiger partial charge in [0, 0.05) is 0 Å². The maximum absolute atomic E-state index is 2.46. The van der Waals surface area contributed by atoms with Crippen LogP contribution >= 0.6 is 59.9 Å². The van der Waals surface area contributed by atoms with Crippen LogP contribution in [0.15, 0.2) is 24.3 Å². The Morgan fingerprint density at radius 3 is 1.65 bits per heavy atom. The molecule has 0 atom stereocenters. The molecule has 0 N–H and O–H groups in total. The summed E-state index contributed by atoms with van der Waals surface area (Å²) in [5, 5.41) is 0. The average molecular weight is 612 g/mol. The summed E-state index contributed by atoms with van der Waals surface area (Å²) in [6.45, 7) is 12.3. The molecule has 0 spiro atoms. The summed E-state index contributed by atoms with van der Waals surface area (Å²) in [5.41, 5.74) is 2.78. The molecule has 0 aromatic heterocycles. The molecular formula is C13H24I3V. The monoisotopic (exact) mass is 612 g/mol. The van der Waals surface area contributed by atoms with Crippen molar-refractivity contribution in [3.63, 3.8) is 0 Å². The fourth-order valence-electron chi connectivity index (χ4n) is 0.932. The van der Waals surface area contributed by atoms with Crippen molar-refractivity contribution in [3.8, 4) is 0 Å². The number of benzene rings is 1. The standard InChI is InChI=1S/C9H12.2C2H6.3HI.V/c1-3-9-6-4-5-8(2)7-9;2*1-2;;;;/h4-7H,3H2,1-2H3;2*1-2H3;3*1H;/q;;;;;;+3/p-3. The Kier molecular flexibility index (Phi) is 28.7. The SMILES string of the molecule is CC.CC.CCc1cccc(C)c1.[I][V]([I])[I]. The summed E-state index contributed by atoms with van der Waals surface area (Å²) in [6.07, 6.45) is 1.14. The topological polar surface area (TPSA) is 0 Å². The van der Waals surface area contributed by atoms with E-state index in [4.69, 9.17) is 0 Å². The summed E-state index contributed by atoms with van der Waals surface area (Å²) in [6, 6.07) is 8.61. The van der Waals surface area contributed by atoms with Gasteiger partial charge in [-0.2, -0.15) is 0 Å². The van der Waals surface area contributed by atoms with Crippen LogP contribution in [0.4, 0.5) is 0 Å². The zero-order chi connectivity index (χ0) is 14.3. The molecule has 0 nitrogen and oxygen atoms in total. The molecule has 0 saturated heterocycles. The molecular weight excluding hydrogens is 588 g/mol. The molecule has 1 aromatic rings. The van der Waals surface area contributed by atoms with Crippen LogP contribution in [-0.2, 0) is 11.3 Å². The van der Waals surface area contributed by atoms with Gasteiger partial charge >= 0.3 is 64.9 Å². The van der Waals surface area contributed by atoms with Crippen molar-refractivity contribution in [2.75, 3.05) is 0 Å². The van der Waals surface area contributed by atoms with Gasteiger partial charge in [-0.15, -0.1) is 0 Å². The predicted molar refractivity (Wildman–Crippen MR) is 105 cm³/mol. The third kappa shape index (κ3) is 23.5. The van der Waals surface area contributed by atoms with Gasteiger partial charge in [0.2, 0.25) is 0 Å². The minimum atomic E-state index is -0.278. The Hall–Kier alpha value is 1.99. The molecule has 0 unspecified atom stereocenters. The molecule has 0 radical (unpaired) electrons. The van der Waals surface area contributed by atoms with E-state index in [9.17, 15) is 0 Å².